The van der Waals surface area contributed by atoms with Gasteiger partial charge in [0, 0.05) is 5.92 Å². The van der Waals surface area contributed by atoms with E-state index in [-0.39, 0.29) is 12.5 Å². The summed E-state index contributed by atoms with van der Waals surface area (Å²) in [6.07, 6.45) is 0. The second-order valence-electron chi connectivity index (χ2n) is 5.06. The molecule has 21 heavy (non-hydrogen) atoms. The molecule has 4 N–H and O–H groups in total. The Hall–Kier alpha value is -2.18. The van der Waals surface area contributed by atoms with Gasteiger partial charge in [0.25, 0.3) is 0 Å². The molecule has 112 valence electrons. The predicted octanol–water partition coefficient (Wildman–Crippen LogP) is 2.48. The summed E-state index contributed by atoms with van der Waals surface area (Å²) in [4.78, 5) is 8.80. The van der Waals surface area contributed by atoms with Crippen LogP contribution in [0.4, 0.5) is 5.82 Å². The Kier molecular flexibility index (Phi) is 4.72. The highest BCUT2D eigenvalue weighted by Gasteiger charge is 2.14. The molecule has 1 heterocycles. The fourth-order valence-corrected chi connectivity index (χ4v) is 1.79. The summed E-state index contributed by atoms with van der Waals surface area (Å²) in [6.45, 7) is 5.86. The van der Waals surface area contributed by atoms with Gasteiger partial charge >= 0.3 is 0 Å². The molecule has 0 bridgehead atoms. The molecule has 0 aliphatic carbocycles. The van der Waals surface area contributed by atoms with Crippen LogP contribution in [0.5, 0.6) is 11.6 Å². The molecule has 0 saturated carbocycles. The largest absolute Gasteiger partial charge is 0.439 e. The van der Waals surface area contributed by atoms with Gasteiger partial charge < -0.3 is 15.3 Å². The molecule has 2 rings (SSSR count). The topological polar surface area (TPSA) is 93.3 Å². The van der Waals surface area contributed by atoms with Crippen LogP contribution >= 0.6 is 0 Å². The van der Waals surface area contributed by atoms with Crippen molar-refractivity contribution in [3.05, 3.63) is 41.2 Å². The summed E-state index contributed by atoms with van der Waals surface area (Å²) < 4.78 is 5.81. The molecule has 0 unspecified atom stereocenters. The molecule has 0 aliphatic heterocycles. The van der Waals surface area contributed by atoms with Crippen molar-refractivity contribution >= 4 is 5.82 Å². The number of aliphatic hydroxyl groups excluding tert-OH is 1. The van der Waals surface area contributed by atoms with Crippen molar-refractivity contribution in [2.45, 2.75) is 33.3 Å². The number of nitrogens with two attached hydrogens (primary N) is 1. The summed E-state index contributed by atoms with van der Waals surface area (Å²) in [7, 11) is 0. The lowest BCUT2D eigenvalue weighted by molar-refractivity contribution is 0.281. The van der Waals surface area contributed by atoms with E-state index >= 15 is 0 Å². The molecule has 0 saturated heterocycles. The summed E-state index contributed by atoms with van der Waals surface area (Å²) in [6, 6.07) is 7.18. The molecule has 2 aromatic rings. The highest BCUT2D eigenvalue weighted by atomic mass is 16.5. The van der Waals surface area contributed by atoms with Crippen LogP contribution in [-0.4, -0.2) is 15.1 Å². The zero-order valence-electron chi connectivity index (χ0n) is 12.4. The van der Waals surface area contributed by atoms with Gasteiger partial charge in [-0.05, 0) is 24.6 Å². The number of hydrazine groups is 1. The van der Waals surface area contributed by atoms with Crippen molar-refractivity contribution < 1.29 is 9.84 Å². The first kappa shape index (κ1) is 15.2. The number of anilines is 1. The van der Waals surface area contributed by atoms with Crippen molar-refractivity contribution in [3.8, 4) is 11.6 Å². The molecule has 0 fully saturated rings. The quantitative estimate of drug-likeness (QED) is 0.578. The molecular formula is C15H20N4O2. The number of benzene rings is 1. The van der Waals surface area contributed by atoms with E-state index in [1.54, 1.807) is 24.3 Å². The number of ether oxygens (including phenoxy) is 1. The van der Waals surface area contributed by atoms with Gasteiger partial charge in [0.1, 0.15) is 11.6 Å². The van der Waals surface area contributed by atoms with Crippen molar-refractivity contribution in [3.63, 3.8) is 0 Å². The van der Waals surface area contributed by atoms with Crippen LogP contribution in [-0.2, 0) is 6.61 Å². The zero-order valence-corrected chi connectivity index (χ0v) is 12.4. The summed E-state index contributed by atoms with van der Waals surface area (Å²) in [5.74, 6) is 7.99. The standard InChI is InChI=1S/C15H20N4O2/c1-9(2)13-17-14(19-16)10(3)15(18-13)21-12-6-4-11(8-20)5-7-12/h4-7,9,20H,8,16H2,1-3H3,(H,17,18,19). The molecule has 6 nitrogen and oxygen atoms in total. The van der Waals surface area contributed by atoms with Crippen LogP contribution in [0.15, 0.2) is 24.3 Å². The van der Waals surface area contributed by atoms with Gasteiger partial charge in [-0.2, -0.15) is 4.98 Å². The Morgan fingerprint density at radius 2 is 1.90 bits per heavy atom. The number of nitrogens with one attached hydrogen (secondary N) is 1. The van der Waals surface area contributed by atoms with Gasteiger partial charge in [0.05, 0.1) is 12.2 Å². The van der Waals surface area contributed by atoms with Crippen LogP contribution in [0.1, 0.15) is 36.7 Å². The first-order chi connectivity index (χ1) is 10.0. The van der Waals surface area contributed by atoms with Gasteiger partial charge in [-0.3, -0.25) is 0 Å². The number of nitrogen functional groups attached to an aromatic ring is 1. The van der Waals surface area contributed by atoms with E-state index in [4.69, 9.17) is 15.7 Å². The smallest absolute Gasteiger partial charge is 0.227 e. The molecule has 0 amide bonds. The third-order valence-electron chi connectivity index (χ3n) is 3.09. The van der Waals surface area contributed by atoms with E-state index < -0.39 is 0 Å². The van der Waals surface area contributed by atoms with Crippen molar-refractivity contribution in [2.24, 2.45) is 5.84 Å². The highest BCUT2D eigenvalue weighted by Crippen LogP contribution is 2.28. The zero-order chi connectivity index (χ0) is 15.4. The summed E-state index contributed by atoms with van der Waals surface area (Å²) in [5.41, 5.74) is 4.14. The maximum Gasteiger partial charge on any atom is 0.227 e. The number of aliphatic hydroxyl groups is 1. The van der Waals surface area contributed by atoms with Crippen molar-refractivity contribution in [1.29, 1.82) is 0 Å². The molecule has 0 atom stereocenters. The van der Waals surface area contributed by atoms with Gasteiger partial charge in [0.2, 0.25) is 5.88 Å². The Morgan fingerprint density at radius 3 is 2.43 bits per heavy atom. The van der Waals surface area contributed by atoms with Gasteiger partial charge in [-0.15, -0.1) is 0 Å². The Labute approximate surface area is 124 Å². The number of rotatable bonds is 5. The molecular weight excluding hydrogens is 268 g/mol. The van der Waals surface area contributed by atoms with Crippen LogP contribution < -0.4 is 16.0 Å². The SMILES string of the molecule is Cc1c(NN)nc(C(C)C)nc1Oc1ccc(CO)cc1. The third kappa shape index (κ3) is 3.48. The lowest BCUT2D eigenvalue weighted by atomic mass is 10.2. The van der Waals surface area contributed by atoms with Crippen LogP contribution in [0.3, 0.4) is 0 Å². The minimum Gasteiger partial charge on any atom is -0.439 e. The number of nitrogens with zero attached hydrogens (tertiary/aromatic N) is 2. The summed E-state index contributed by atoms with van der Waals surface area (Å²) >= 11 is 0. The molecule has 1 aromatic heterocycles. The first-order valence-electron chi connectivity index (χ1n) is 6.78. The van der Waals surface area contributed by atoms with Gasteiger partial charge in [0.15, 0.2) is 5.82 Å². The molecule has 0 aliphatic rings. The van der Waals surface area contributed by atoms with Crippen LogP contribution in [0.25, 0.3) is 0 Å². The van der Waals surface area contributed by atoms with Crippen molar-refractivity contribution in [2.75, 3.05) is 5.43 Å². The predicted molar refractivity (Wildman–Crippen MR) is 81.1 cm³/mol. The number of hydrogen-bond donors (Lipinski definition) is 3. The molecule has 0 radical (unpaired) electrons. The Bertz CT molecular complexity index is 612. The first-order valence-corrected chi connectivity index (χ1v) is 6.78. The van der Waals surface area contributed by atoms with E-state index in [2.05, 4.69) is 15.4 Å². The van der Waals surface area contributed by atoms with Gasteiger partial charge in [-0.25, -0.2) is 10.8 Å². The van der Waals surface area contributed by atoms with E-state index in [1.165, 1.54) is 0 Å². The second kappa shape index (κ2) is 6.51. The molecule has 6 heteroatoms. The van der Waals surface area contributed by atoms with E-state index in [0.717, 1.165) is 11.1 Å². The maximum atomic E-state index is 9.04. The fourth-order valence-electron chi connectivity index (χ4n) is 1.79. The Morgan fingerprint density at radius 1 is 1.24 bits per heavy atom. The normalized spacial score (nSPS) is 10.8. The van der Waals surface area contributed by atoms with E-state index in [9.17, 15) is 0 Å². The molecule has 0 spiro atoms. The number of aromatic nitrogens is 2. The average Bonchev–Trinajstić information content (AvgIpc) is 2.49. The van der Waals surface area contributed by atoms with Crippen LogP contribution in [0.2, 0.25) is 0 Å². The van der Waals surface area contributed by atoms with Gasteiger partial charge in [-0.1, -0.05) is 26.0 Å². The Balaban J connectivity index is 2.35. The third-order valence-corrected chi connectivity index (χ3v) is 3.09. The van der Waals surface area contributed by atoms with E-state index in [0.29, 0.717) is 23.3 Å². The fraction of sp³-hybridized carbons (Fsp3) is 0.333. The monoisotopic (exact) mass is 288 g/mol. The summed E-state index contributed by atoms with van der Waals surface area (Å²) in [5, 5.41) is 9.04. The highest BCUT2D eigenvalue weighted by molar-refractivity contribution is 5.49. The maximum absolute atomic E-state index is 9.04. The van der Waals surface area contributed by atoms with E-state index in [1.807, 2.05) is 20.8 Å². The minimum atomic E-state index is 0.00551. The molecule has 1 aromatic carbocycles. The average molecular weight is 288 g/mol. The van der Waals surface area contributed by atoms with Crippen molar-refractivity contribution in [1.82, 2.24) is 9.97 Å². The van der Waals surface area contributed by atoms with Crippen LogP contribution in [0, 0.1) is 6.92 Å². The minimum absolute atomic E-state index is 0.00551. The lowest BCUT2D eigenvalue weighted by Crippen LogP contribution is -2.13. The second-order valence-corrected chi connectivity index (χ2v) is 5.06. The lowest BCUT2D eigenvalue weighted by Gasteiger charge is -2.14. The number of hydrogen-bond acceptors (Lipinski definition) is 6.